The van der Waals surface area contributed by atoms with Gasteiger partial charge in [0.2, 0.25) is 10.0 Å². The lowest BCUT2D eigenvalue weighted by Crippen LogP contribution is -2.51. The molecule has 1 aliphatic heterocycles. The molecule has 1 aromatic heterocycles. The molecule has 31 heavy (non-hydrogen) atoms. The smallest absolute Gasteiger partial charge is 0.276 e. The Hall–Kier alpha value is -2.64. The van der Waals surface area contributed by atoms with Crippen molar-refractivity contribution in [3.63, 3.8) is 0 Å². The Labute approximate surface area is 174 Å². The number of benzene rings is 1. The van der Waals surface area contributed by atoms with E-state index in [9.17, 15) is 35.9 Å². The van der Waals surface area contributed by atoms with Gasteiger partial charge in [0.25, 0.3) is 12.3 Å². The first-order chi connectivity index (χ1) is 14.2. The molecule has 2 aromatic rings. The van der Waals surface area contributed by atoms with Crippen LogP contribution >= 0.6 is 0 Å². The number of aryl methyl sites for hydroxylation is 1. The van der Waals surface area contributed by atoms with Crippen molar-refractivity contribution in [3.05, 3.63) is 41.2 Å². The van der Waals surface area contributed by atoms with Crippen molar-refractivity contribution in [1.82, 2.24) is 9.29 Å². The van der Waals surface area contributed by atoms with Crippen LogP contribution in [0, 0.1) is 11.6 Å². The molecule has 1 amide bonds. The highest BCUT2D eigenvalue weighted by atomic mass is 32.2. The van der Waals surface area contributed by atoms with Crippen LogP contribution in [-0.2, 0) is 17.1 Å². The number of rotatable bonds is 4. The lowest BCUT2D eigenvalue weighted by Gasteiger charge is -2.27. The summed E-state index contributed by atoms with van der Waals surface area (Å²) in [5, 5.41) is 12.2. The molecule has 3 rings (SSSR count). The number of nitrogens with zero attached hydrogens (tertiary/aromatic N) is 1. The average Bonchev–Trinajstić information content (AvgIpc) is 2.90. The molecule has 0 saturated heterocycles. The molecule has 0 radical (unpaired) electrons. The molecule has 0 unspecified atom stereocenters. The maximum absolute atomic E-state index is 14.3. The number of ether oxygens (including phenoxy) is 1. The number of amides is 1. The Balaban J connectivity index is 2.01. The summed E-state index contributed by atoms with van der Waals surface area (Å²) in [6.45, 7) is 2.40. The summed E-state index contributed by atoms with van der Waals surface area (Å²) in [7, 11) is -2.89. The lowest BCUT2D eigenvalue weighted by molar-refractivity contribution is 0.0288. The number of sulfonamides is 1. The van der Waals surface area contributed by atoms with Crippen LogP contribution in [0.4, 0.5) is 23.2 Å². The maximum Gasteiger partial charge on any atom is 0.276 e. The van der Waals surface area contributed by atoms with E-state index in [1.54, 1.807) is 0 Å². The van der Waals surface area contributed by atoms with Crippen LogP contribution in [0.1, 0.15) is 36.3 Å². The SMILES string of the molecule is Cn1cc2c(c1C(=O)Nc1ccc(F)c(C(F)F)c1F)OC[C@H](C(C)(C)O)NS2(=O)=O. The predicted octanol–water partition coefficient (Wildman–Crippen LogP) is 2.30. The Morgan fingerprint density at radius 3 is 2.58 bits per heavy atom. The van der Waals surface area contributed by atoms with Crippen LogP contribution in [0.15, 0.2) is 23.2 Å². The molecule has 13 heteroatoms. The van der Waals surface area contributed by atoms with E-state index in [2.05, 4.69) is 4.72 Å². The number of aromatic nitrogens is 1. The van der Waals surface area contributed by atoms with E-state index in [1.807, 2.05) is 5.32 Å². The molecule has 1 aromatic carbocycles. The molecule has 2 heterocycles. The minimum atomic E-state index is -4.21. The van der Waals surface area contributed by atoms with Gasteiger partial charge in [-0.25, -0.2) is 30.7 Å². The van der Waals surface area contributed by atoms with Crippen molar-refractivity contribution in [2.45, 2.75) is 36.8 Å². The van der Waals surface area contributed by atoms with E-state index in [1.165, 1.54) is 20.9 Å². The molecular formula is C18H19F4N3O5S. The number of carbonyl (C=O) groups excluding carboxylic acids is 1. The molecule has 8 nitrogen and oxygen atoms in total. The number of hydrogen-bond acceptors (Lipinski definition) is 5. The van der Waals surface area contributed by atoms with Gasteiger partial charge in [-0.05, 0) is 26.0 Å². The second-order valence-electron chi connectivity index (χ2n) is 7.50. The first-order valence-electron chi connectivity index (χ1n) is 8.88. The van der Waals surface area contributed by atoms with Gasteiger partial charge in [0.1, 0.15) is 17.3 Å². The largest absolute Gasteiger partial charge is 0.488 e. The molecule has 0 saturated carbocycles. The highest BCUT2D eigenvalue weighted by Crippen LogP contribution is 2.35. The summed E-state index contributed by atoms with van der Waals surface area (Å²) in [6, 6.07) is 0.290. The first kappa shape index (κ1) is 23.0. The lowest BCUT2D eigenvalue weighted by atomic mass is 10.0. The summed E-state index contributed by atoms with van der Waals surface area (Å²) in [5.74, 6) is -4.57. The first-order valence-corrected chi connectivity index (χ1v) is 10.4. The van der Waals surface area contributed by atoms with E-state index >= 15 is 0 Å². The van der Waals surface area contributed by atoms with Crippen LogP contribution in [0.5, 0.6) is 5.75 Å². The van der Waals surface area contributed by atoms with Crippen LogP contribution in [0.2, 0.25) is 0 Å². The monoisotopic (exact) mass is 465 g/mol. The maximum atomic E-state index is 14.3. The molecule has 0 spiro atoms. The number of halogens is 4. The minimum absolute atomic E-state index is 0.333. The number of anilines is 1. The zero-order valence-electron chi connectivity index (χ0n) is 16.5. The van der Waals surface area contributed by atoms with Crippen LogP contribution in [0.25, 0.3) is 0 Å². The van der Waals surface area contributed by atoms with E-state index in [0.29, 0.717) is 6.07 Å². The van der Waals surface area contributed by atoms with Crippen LogP contribution in [-0.4, -0.2) is 42.2 Å². The van der Waals surface area contributed by atoms with Crippen LogP contribution < -0.4 is 14.8 Å². The molecule has 0 fully saturated rings. The number of hydrogen-bond donors (Lipinski definition) is 3. The Kier molecular flexibility index (Phi) is 5.80. The normalized spacial score (nSPS) is 18.3. The highest BCUT2D eigenvalue weighted by Gasteiger charge is 2.39. The fourth-order valence-corrected chi connectivity index (χ4v) is 4.57. The summed E-state index contributed by atoms with van der Waals surface area (Å²) >= 11 is 0. The van der Waals surface area contributed by atoms with Gasteiger partial charge in [-0.2, -0.15) is 0 Å². The van der Waals surface area contributed by atoms with Gasteiger partial charge >= 0.3 is 0 Å². The van der Waals surface area contributed by atoms with Crippen molar-refractivity contribution in [1.29, 1.82) is 0 Å². The second-order valence-corrected chi connectivity index (χ2v) is 9.18. The quantitative estimate of drug-likeness (QED) is 0.601. The van der Waals surface area contributed by atoms with Crippen molar-refractivity contribution in [2.75, 3.05) is 11.9 Å². The number of alkyl halides is 2. The zero-order chi connectivity index (χ0) is 23.3. The van der Waals surface area contributed by atoms with Crippen molar-refractivity contribution >= 4 is 21.6 Å². The van der Waals surface area contributed by atoms with Gasteiger partial charge < -0.3 is 19.7 Å². The third-order valence-corrected chi connectivity index (χ3v) is 6.21. The Bertz CT molecular complexity index is 1140. The summed E-state index contributed by atoms with van der Waals surface area (Å²) in [5.41, 5.74) is -4.07. The molecule has 1 aliphatic rings. The summed E-state index contributed by atoms with van der Waals surface area (Å²) in [6.07, 6.45) is -2.38. The molecule has 170 valence electrons. The number of nitrogens with one attached hydrogen (secondary N) is 2. The fourth-order valence-electron chi connectivity index (χ4n) is 3.02. The third-order valence-electron chi connectivity index (χ3n) is 4.74. The number of fused-ring (bicyclic) bond motifs is 1. The van der Waals surface area contributed by atoms with E-state index in [-0.39, 0.29) is 18.1 Å². The van der Waals surface area contributed by atoms with E-state index in [0.717, 1.165) is 16.8 Å². The van der Waals surface area contributed by atoms with Crippen molar-refractivity contribution in [3.8, 4) is 5.75 Å². The molecule has 0 bridgehead atoms. The van der Waals surface area contributed by atoms with Crippen molar-refractivity contribution in [2.24, 2.45) is 7.05 Å². The highest BCUT2D eigenvalue weighted by molar-refractivity contribution is 7.89. The van der Waals surface area contributed by atoms with E-state index in [4.69, 9.17) is 4.74 Å². The topological polar surface area (TPSA) is 110 Å². The summed E-state index contributed by atoms with van der Waals surface area (Å²) < 4.78 is 87.8. The summed E-state index contributed by atoms with van der Waals surface area (Å²) in [4.78, 5) is 12.4. The fraction of sp³-hybridized carbons (Fsp3) is 0.389. The number of carbonyl (C=O) groups is 1. The molecule has 1 atom stereocenters. The zero-order valence-corrected chi connectivity index (χ0v) is 17.4. The predicted molar refractivity (Wildman–Crippen MR) is 101 cm³/mol. The van der Waals surface area contributed by atoms with Gasteiger partial charge in [-0.15, -0.1) is 0 Å². The van der Waals surface area contributed by atoms with Gasteiger partial charge in [0.15, 0.2) is 17.3 Å². The number of aliphatic hydroxyl groups is 1. The Morgan fingerprint density at radius 2 is 2.00 bits per heavy atom. The molecule has 3 N–H and O–H groups in total. The third kappa shape index (κ3) is 4.25. The van der Waals surface area contributed by atoms with Gasteiger partial charge in [-0.1, -0.05) is 0 Å². The Morgan fingerprint density at radius 1 is 1.35 bits per heavy atom. The minimum Gasteiger partial charge on any atom is -0.488 e. The standard InChI is InChI=1S/C18H19F4N3O5S/c1-18(2,27)11-7-30-15-10(31(28,29)24-11)6-25(3)14(15)17(26)23-9-5-4-8(19)12(13(9)20)16(21)22/h4-6,11,16,24,27H,7H2,1-3H3,(H,23,26)/t11-/m1/s1. The van der Waals surface area contributed by atoms with Crippen molar-refractivity contribution < 1.29 is 40.6 Å². The van der Waals surface area contributed by atoms with Gasteiger partial charge in [0.05, 0.1) is 22.9 Å². The molecule has 0 aliphatic carbocycles. The van der Waals surface area contributed by atoms with E-state index < -0.39 is 61.8 Å². The van der Waals surface area contributed by atoms with Crippen LogP contribution in [0.3, 0.4) is 0 Å². The van der Waals surface area contributed by atoms with Gasteiger partial charge in [-0.3, -0.25) is 4.79 Å². The average molecular weight is 465 g/mol. The molecular weight excluding hydrogens is 446 g/mol. The van der Waals surface area contributed by atoms with Gasteiger partial charge in [0, 0.05) is 13.2 Å². The second kappa shape index (κ2) is 7.80.